The Balaban J connectivity index is 2.35. The molecule has 0 aliphatic carbocycles. The summed E-state index contributed by atoms with van der Waals surface area (Å²) in [5, 5.41) is 0. The summed E-state index contributed by atoms with van der Waals surface area (Å²) >= 11 is 0. The molecular formula is C13H15F2N3. The van der Waals surface area contributed by atoms with E-state index in [-0.39, 0.29) is 11.5 Å². The molecule has 1 unspecified atom stereocenters. The third-order valence-electron chi connectivity index (χ3n) is 2.89. The molecule has 0 spiro atoms. The smallest absolute Gasteiger partial charge is 0.135 e. The van der Waals surface area contributed by atoms with Crippen molar-refractivity contribution in [3.05, 3.63) is 41.9 Å². The molecule has 1 atom stereocenters. The summed E-state index contributed by atoms with van der Waals surface area (Å²) in [6, 6.07) is 3.78. The molecule has 0 amide bonds. The zero-order valence-electron chi connectivity index (χ0n) is 10.1. The number of benzene rings is 1. The van der Waals surface area contributed by atoms with Crippen molar-refractivity contribution in [2.24, 2.45) is 5.73 Å². The largest absolute Gasteiger partial charge is 0.342 e. The fourth-order valence-corrected chi connectivity index (χ4v) is 1.86. The molecular weight excluding hydrogens is 236 g/mol. The van der Waals surface area contributed by atoms with Gasteiger partial charge in [-0.3, -0.25) is 0 Å². The molecule has 0 aliphatic rings. The van der Waals surface area contributed by atoms with Crippen LogP contribution in [0.15, 0.2) is 24.4 Å². The minimum absolute atomic E-state index is 0.0730. The highest BCUT2D eigenvalue weighted by Gasteiger charge is 2.15. The third kappa shape index (κ3) is 2.41. The predicted octanol–water partition coefficient (Wildman–Crippen LogP) is 2.81. The first kappa shape index (κ1) is 12.7. The Morgan fingerprint density at radius 2 is 2.00 bits per heavy atom. The first-order chi connectivity index (χ1) is 8.63. The minimum atomic E-state index is -0.600. The molecule has 1 aromatic heterocycles. The Hall–Kier alpha value is -1.75. The minimum Gasteiger partial charge on any atom is -0.342 e. The second-order valence-electron chi connectivity index (χ2n) is 4.26. The maximum absolute atomic E-state index is 13.6. The van der Waals surface area contributed by atoms with E-state index < -0.39 is 11.6 Å². The maximum Gasteiger partial charge on any atom is 0.135 e. The second kappa shape index (κ2) is 5.27. The van der Waals surface area contributed by atoms with Gasteiger partial charge in [0.15, 0.2) is 0 Å². The second-order valence-corrected chi connectivity index (χ2v) is 4.26. The van der Waals surface area contributed by atoms with Gasteiger partial charge >= 0.3 is 0 Å². The number of nitrogens with two attached hydrogens (primary N) is 1. The molecule has 18 heavy (non-hydrogen) atoms. The van der Waals surface area contributed by atoms with Crippen LogP contribution in [0.4, 0.5) is 8.78 Å². The number of nitrogens with zero attached hydrogens (tertiary/aromatic N) is 1. The lowest BCUT2D eigenvalue weighted by atomic mass is 10.1. The number of nitrogens with one attached hydrogen (secondary N) is 1. The lowest BCUT2D eigenvalue weighted by molar-refractivity contribution is 0.588. The van der Waals surface area contributed by atoms with Crippen molar-refractivity contribution in [2.45, 2.75) is 19.3 Å². The summed E-state index contributed by atoms with van der Waals surface area (Å²) in [5.41, 5.74) is 5.75. The van der Waals surface area contributed by atoms with E-state index in [1.165, 1.54) is 24.4 Å². The molecule has 1 aromatic carbocycles. The average Bonchev–Trinajstić information content (AvgIpc) is 2.78. The van der Waals surface area contributed by atoms with Gasteiger partial charge in [-0.05, 0) is 25.1 Å². The molecule has 0 aliphatic heterocycles. The Morgan fingerprint density at radius 3 is 2.61 bits per heavy atom. The zero-order valence-corrected chi connectivity index (χ0v) is 10.1. The lowest BCUT2D eigenvalue weighted by Gasteiger charge is -2.06. The van der Waals surface area contributed by atoms with Crippen LogP contribution in [-0.2, 0) is 0 Å². The van der Waals surface area contributed by atoms with Crippen LogP contribution in [0.5, 0.6) is 0 Å². The molecule has 5 heteroatoms. The van der Waals surface area contributed by atoms with Gasteiger partial charge in [-0.1, -0.05) is 13.0 Å². The van der Waals surface area contributed by atoms with Gasteiger partial charge in [-0.25, -0.2) is 13.8 Å². The molecule has 0 fully saturated rings. The van der Waals surface area contributed by atoms with Gasteiger partial charge in [0.1, 0.15) is 17.5 Å². The lowest BCUT2D eigenvalue weighted by Crippen LogP contribution is -2.05. The number of hydrogen-bond acceptors (Lipinski definition) is 2. The first-order valence-corrected chi connectivity index (χ1v) is 5.82. The van der Waals surface area contributed by atoms with E-state index >= 15 is 0 Å². The number of H-pyrrole nitrogens is 1. The van der Waals surface area contributed by atoms with Crippen molar-refractivity contribution in [3.8, 4) is 11.3 Å². The van der Waals surface area contributed by atoms with Crippen LogP contribution in [0.2, 0.25) is 0 Å². The number of aromatic amines is 1. The van der Waals surface area contributed by atoms with Crippen LogP contribution in [0.1, 0.15) is 25.1 Å². The van der Waals surface area contributed by atoms with E-state index in [1.807, 2.05) is 6.92 Å². The molecule has 3 N–H and O–H groups in total. The first-order valence-electron chi connectivity index (χ1n) is 5.82. The molecule has 1 heterocycles. The standard InChI is InChI=1S/C13H15F2N3/c1-8(5-6-16)13-17-7-11(18-13)12-9(14)3-2-4-10(12)15/h2-4,7-8H,5-6,16H2,1H3,(H,17,18). The number of imidazole rings is 1. The molecule has 96 valence electrons. The molecule has 2 aromatic rings. The van der Waals surface area contributed by atoms with E-state index in [0.29, 0.717) is 18.1 Å². The topological polar surface area (TPSA) is 54.7 Å². The van der Waals surface area contributed by atoms with Crippen LogP contribution >= 0.6 is 0 Å². The molecule has 2 rings (SSSR count). The van der Waals surface area contributed by atoms with E-state index in [9.17, 15) is 8.78 Å². The van der Waals surface area contributed by atoms with Gasteiger partial charge in [0, 0.05) is 5.92 Å². The summed E-state index contributed by atoms with van der Waals surface area (Å²) in [6.07, 6.45) is 2.22. The molecule has 0 saturated carbocycles. The SMILES string of the molecule is CC(CCN)c1ncc(-c2c(F)cccc2F)[nH]1. The van der Waals surface area contributed by atoms with Crippen molar-refractivity contribution in [1.29, 1.82) is 0 Å². The fourth-order valence-electron chi connectivity index (χ4n) is 1.86. The monoisotopic (exact) mass is 251 g/mol. The van der Waals surface area contributed by atoms with Crippen molar-refractivity contribution < 1.29 is 8.78 Å². The molecule has 0 radical (unpaired) electrons. The Bertz CT molecular complexity index is 517. The van der Waals surface area contributed by atoms with E-state index in [2.05, 4.69) is 9.97 Å². The maximum atomic E-state index is 13.6. The zero-order chi connectivity index (χ0) is 13.1. The van der Waals surface area contributed by atoms with Crippen LogP contribution in [0.25, 0.3) is 11.3 Å². The van der Waals surface area contributed by atoms with Gasteiger partial charge in [-0.2, -0.15) is 0 Å². The predicted molar refractivity (Wildman–Crippen MR) is 66.0 cm³/mol. The number of hydrogen-bond donors (Lipinski definition) is 2. The summed E-state index contributed by atoms with van der Waals surface area (Å²) in [6.45, 7) is 2.51. The van der Waals surface area contributed by atoms with Crippen molar-refractivity contribution in [2.75, 3.05) is 6.54 Å². The van der Waals surface area contributed by atoms with Gasteiger partial charge in [0.05, 0.1) is 17.5 Å². The quantitative estimate of drug-likeness (QED) is 0.877. The average molecular weight is 251 g/mol. The van der Waals surface area contributed by atoms with E-state index in [0.717, 1.165) is 6.42 Å². The van der Waals surface area contributed by atoms with Crippen molar-refractivity contribution in [3.63, 3.8) is 0 Å². The summed E-state index contributed by atoms with van der Waals surface area (Å²) in [4.78, 5) is 7.10. The third-order valence-corrected chi connectivity index (χ3v) is 2.89. The van der Waals surface area contributed by atoms with Crippen molar-refractivity contribution in [1.82, 2.24) is 9.97 Å². The Kier molecular flexibility index (Phi) is 3.72. The van der Waals surface area contributed by atoms with Crippen LogP contribution < -0.4 is 5.73 Å². The Labute approximate surface area is 104 Å². The van der Waals surface area contributed by atoms with Crippen LogP contribution in [0.3, 0.4) is 0 Å². The summed E-state index contributed by atoms with van der Waals surface area (Å²) in [5.74, 6) is -0.370. The number of aromatic nitrogens is 2. The van der Waals surface area contributed by atoms with E-state index in [4.69, 9.17) is 5.73 Å². The summed E-state index contributed by atoms with van der Waals surface area (Å²) < 4.78 is 27.2. The van der Waals surface area contributed by atoms with Gasteiger partial charge in [0.25, 0.3) is 0 Å². The van der Waals surface area contributed by atoms with Gasteiger partial charge < -0.3 is 10.7 Å². The Morgan fingerprint density at radius 1 is 1.33 bits per heavy atom. The highest BCUT2D eigenvalue weighted by molar-refractivity contribution is 5.60. The van der Waals surface area contributed by atoms with E-state index in [1.54, 1.807) is 0 Å². The highest BCUT2D eigenvalue weighted by atomic mass is 19.1. The molecule has 0 bridgehead atoms. The highest BCUT2D eigenvalue weighted by Crippen LogP contribution is 2.26. The normalized spacial score (nSPS) is 12.7. The number of halogens is 2. The van der Waals surface area contributed by atoms with Crippen LogP contribution in [0, 0.1) is 11.6 Å². The van der Waals surface area contributed by atoms with Crippen molar-refractivity contribution >= 4 is 0 Å². The summed E-state index contributed by atoms with van der Waals surface area (Å²) in [7, 11) is 0. The number of rotatable bonds is 4. The van der Waals surface area contributed by atoms with Gasteiger partial charge in [-0.15, -0.1) is 0 Å². The molecule has 3 nitrogen and oxygen atoms in total. The van der Waals surface area contributed by atoms with Gasteiger partial charge in [0.2, 0.25) is 0 Å². The van der Waals surface area contributed by atoms with Crippen LogP contribution in [-0.4, -0.2) is 16.5 Å². The fraction of sp³-hybridized carbons (Fsp3) is 0.308. The molecule has 0 saturated heterocycles.